The lowest BCUT2D eigenvalue weighted by Crippen LogP contribution is -2.40. The monoisotopic (exact) mass is 363 g/mol. The lowest BCUT2D eigenvalue weighted by Gasteiger charge is -2.21. The number of hydrogen-bond acceptors (Lipinski definition) is 5. The number of aliphatic imine (C=N–C) groups is 1. The van der Waals surface area contributed by atoms with Crippen molar-refractivity contribution in [2.24, 2.45) is 16.8 Å². The highest BCUT2D eigenvalue weighted by Gasteiger charge is 2.36. The van der Waals surface area contributed by atoms with Gasteiger partial charge in [-0.05, 0) is 30.5 Å². The molecule has 1 N–H and O–H groups in total. The third-order valence-corrected chi connectivity index (χ3v) is 4.61. The summed E-state index contributed by atoms with van der Waals surface area (Å²) < 4.78 is 15.8. The second-order valence-corrected chi connectivity index (χ2v) is 6.33. The van der Waals surface area contributed by atoms with E-state index in [9.17, 15) is 4.79 Å². The van der Waals surface area contributed by atoms with E-state index in [2.05, 4.69) is 22.1 Å². The number of guanidine groups is 1. The number of rotatable bonds is 6. The molecule has 2 rings (SSSR count). The van der Waals surface area contributed by atoms with E-state index in [1.807, 2.05) is 25.1 Å². The van der Waals surface area contributed by atoms with Gasteiger partial charge in [-0.15, -0.1) is 0 Å². The Kier molecular flexibility index (Phi) is 7.12. The van der Waals surface area contributed by atoms with E-state index in [4.69, 9.17) is 14.2 Å². The number of carbonyl (C=O) groups is 1. The third kappa shape index (κ3) is 4.59. The van der Waals surface area contributed by atoms with Crippen LogP contribution in [-0.4, -0.2) is 57.8 Å². The number of nitrogens with zero attached hydrogens (tertiary/aromatic N) is 2. The average Bonchev–Trinajstić information content (AvgIpc) is 3.04. The topological polar surface area (TPSA) is 72.4 Å². The number of esters is 1. The predicted molar refractivity (Wildman–Crippen MR) is 101 cm³/mol. The van der Waals surface area contributed by atoms with Gasteiger partial charge < -0.3 is 24.4 Å². The Hall–Kier alpha value is -2.44. The quantitative estimate of drug-likeness (QED) is 0.473. The summed E-state index contributed by atoms with van der Waals surface area (Å²) in [6, 6.07) is 5.86. The molecule has 0 aromatic heterocycles. The van der Waals surface area contributed by atoms with Crippen molar-refractivity contribution in [1.82, 2.24) is 10.2 Å². The Morgan fingerprint density at radius 1 is 1.31 bits per heavy atom. The summed E-state index contributed by atoms with van der Waals surface area (Å²) in [7, 11) is 4.81. The minimum Gasteiger partial charge on any atom is -0.493 e. The van der Waals surface area contributed by atoms with Crippen LogP contribution in [0.15, 0.2) is 23.2 Å². The molecule has 0 radical (unpaired) electrons. The molecule has 7 heteroatoms. The Balaban J connectivity index is 2.00. The molecule has 0 aliphatic carbocycles. The average molecular weight is 363 g/mol. The first-order chi connectivity index (χ1) is 12.5. The first kappa shape index (κ1) is 19.9. The molecule has 1 heterocycles. The normalized spacial score (nSPS) is 20.0. The second-order valence-electron chi connectivity index (χ2n) is 6.33. The van der Waals surface area contributed by atoms with Gasteiger partial charge >= 0.3 is 5.97 Å². The number of hydrogen-bond donors (Lipinski definition) is 1. The Bertz CT molecular complexity index is 648. The summed E-state index contributed by atoms with van der Waals surface area (Å²) in [5.74, 6) is 2.16. The van der Waals surface area contributed by atoms with Crippen molar-refractivity contribution in [3.8, 4) is 11.5 Å². The number of carbonyl (C=O) groups excluding carboxylic acids is 1. The van der Waals surface area contributed by atoms with Gasteiger partial charge in [0.05, 0.1) is 26.7 Å². The number of methoxy groups -OCH3 is 2. The van der Waals surface area contributed by atoms with Crippen molar-refractivity contribution in [2.45, 2.75) is 20.4 Å². The molecule has 1 aromatic carbocycles. The number of benzene rings is 1. The summed E-state index contributed by atoms with van der Waals surface area (Å²) in [6.07, 6.45) is 0. The van der Waals surface area contributed by atoms with Crippen LogP contribution in [0.1, 0.15) is 19.4 Å². The van der Waals surface area contributed by atoms with E-state index in [1.54, 1.807) is 14.2 Å². The summed E-state index contributed by atoms with van der Waals surface area (Å²) in [5.41, 5.74) is 1.06. The number of nitrogens with one attached hydrogen (secondary N) is 1. The van der Waals surface area contributed by atoms with E-state index in [-0.39, 0.29) is 17.8 Å². The van der Waals surface area contributed by atoms with Crippen molar-refractivity contribution >= 4 is 11.9 Å². The first-order valence-electron chi connectivity index (χ1n) is 8.87. The maximum absolute atomic E-state index is 11.9. The molecule has 2 unspecified atom stereocenters. The molecule has 0 bridgehead atoms. The molecule has 1 aromatic rings. The summed E-state index contributed by atoms with van der Waals surface area (Å²) in [6.45, 7) is 6.58. The summed E-state index contributed by atoms with van der Waals surface area (Å²) in [5, 5.41) is 3.36. The van der Waals surface area contributed by atoms with Crippen molar-refractivity contribution in [1.29, 1.82) is 0 Å². The van der Waals surface area contributed by atoms with E-state index in [0.29, 0.717) is 25.4 Å². The Morgan fingerprint density at radius 2 is 2.08 bits per heavy atom. The fourth-order valence-electron chi connectivity index (χ4n) is 3.21. The van der Waals surface area contributed by atoms with Crippen LogP contribution in [0.4, 0.5) is 0 Å². The molecule has 1 fully saturated rings. The van der Waals surface area contributed by atoms with Gasteiger partial charge in [0.1, 0.15) is 0 Å². The molecular formula is C19H29N3O4. The van der Waals surface area contributed by atoms with Crippen molar-refractivity contribution in [2.75, 3.05) is 41.0 Å². The van der Waals surface area contributed by atoms with Crippen LogP contribution in [-0.2, 0) is 16.1 Å². The fourth-order valence-corrected chi connectivity index (χ4v) is 3.21. The van der Waals surface area contributed by atoms with E-state index < -0.39 is 0 Å². The standard InChI is InChI=1S/C19H29N3O4/c1-6-26-16-8-7-14(9-17(16)24-4)10-21-19(20-3)22-11-13(2)15(12-22)18(23)25-5/h7-9,13,15H,6,10-12H2,1-5H3,(H,20,21). The van der Waals surface area contributed by atoms with Crippen molar-refractivity contribution < 1.29 is 19.0 Å². The largest absolute Gasteiger partial charge is 0.493 e. The molecular weight excluding hydrogens is 334 g/mol. The summed E-state index contributed by atoms with van der Waals surface area (Å²) in [4.78, 5) is 18.3. The number of likely N-dealkylation sites (tertiary alicyclic amines) is 1. The molecule has 0 saturated carbocycles. The molecule has 1 saturated heterocycles. The van der Waals surface area contributed by atoms with Gasteiger partial charge in [0.2, 0.25) is 0 Å². The molecule has 2 atom stereocenters. The van der Waals surface area contributed by atoms with Gasteiger partial charge in [-0.1, -0.05) is 13.0 Å². The lowest BCUT2D eigenvalue weighted by atomic mass is 9.99. The van der Waals surface area contributed by atoms with Crippen LogP contribution < -0.4 is 14.8 Å². The number of ether oxygens (including phenoxy) is 3. The van der Waals surface area contributed by atoms with Crippen LogP contribution in [0.3, 0.4) is 0 Å². The van der Waals surface area contributed by atoms with Gasteiger partial charge in [0, 0.05) is 26.7 Å². The Morgan fingerprint density at radius 3 is 2.69 bits per heavy atom. The zero-order chi connectivity index (χ0) is 19.1. The molecule has 1 aliphatic heterocycles. The van der Waals surface area contributed by atoms with Crippen molar-refractivity contribution in [3.05, 3.63) is 23.8 Å². The van der Waals surface area contributed by atoms with Gasteiger partial charge in [-0.3, -0.25) is 9.79 Å². The van der Waals surface area contributed by atoms with Gasteiger partial charge in [0.15, 0.2) is 17.5 Å². The highest BCUT2D eigenvalue weighted by Crippen LogP contribution is 2.28. The maximum atomic E-state index is 11.9. The van der Waals surface area contributed by atoms with E-state index in [0.717, 1.165) is 23.8 Å². The minimum absolute atomic E-state index is 0.121. The maximum Gasteiger partial charge on any atom is 0.310 e. The molecule has 1 aliphatic rings. The van der Waals surface area contributed by atoms with E-state index in [1.165, 1.54) is 7.11 Å². The molecule has 7 nitrogen and oxygen atoms in total. The predicted octanol–water partition coefficient (Wildman–Crippen LogP) is 1.91. The SMILES string of the molecule is CCOc1ccc(CNC(=NC)N2CC(C)C(C(=O)OC)C2)cc1OC. The van der Waals surface area contributed by atoms with Gasteiger partial charge in [-0.2, -0.15) is 0 Å². The molecule has 0 amide bonds. The molecule has 144 valence electrons. The highest BCUT2D eigenvalue weighted by molar-refractivity contribution is 5.82. The van der Waals surface area contributed by atoms with Crippen LogP contribution >= 0.6 is 0 Å². The summed E-state index contributed by atoms with van der Waals surface area (Å²) >= 11 is 0. The second kappa shape index (κ2) is 9.31. The molecule has 0 spiro atoms. The smallest absolute Gasteiger partial charge is 0.310 e. The first-order valence-corrected chi connectivity index (χ1v) is 8.87. The van der Waals surface area contributed by atoms with Gasteiger partial charge in [-0.25, -0.2) is 0 Å². The Labute approximate surface area is 155 Å². The third-order valence-electron chi connectivity index (χ3n) is 4.61. The van der Waals surface area contributed by atoms with Crippen molar-refractivity contribution in [3.63, 3.8) is 0 Å². The minimum atomic E-state index is -0.160. The zero-order valence-electron chi connectivity index (χ0n) is 16.2. The van der Waals surface area contributed by atoms with Crippen LogP contribution in [0.5, 0.6) is 11.5 Å². The van der Waals surface area contributed by atoms with Crippen LogP contribution in [0.2, 0.25) is 0 Å². The van der Waals surface area contributed by atoms with Crippen LogP contribution in [0.25, 0.3) is 0 Å². The molecule has 26 heavy (non-hydrogen) atoms. The lowest BCUT2D eigenvalue weighted by molar-refractivity contribution is -0.145. The van der Waals surface area contributed by atoms with E-state index >= 15 is 0 Å². The zero-order valence-corrected chi connectivity index (χ0v) is 16.2. The van der Waals surface area contributed by atoms with Crippen LogP contribution in [0, 0.1) is 11.8 Å². The fraction of sp³-hybridized carbons (Fsp3) is 0.579. The van der Waals surface area contributed by atoms with Gasteiger partial charge in [0.25, 0.3) is 0 Å². The highest BCUT2D eigenvalue weighted by atomic mass is 16.5.